The average Bonchev–Trinajstić information content (AvgIpc) is 2.47. The molecule has 0 rings (SSSR count). The quantitative estimate of drug-likeness (QED) is 0.561. The summed E-state index contributed by atoms with van der Waals surface area (Å²) in [5.74, 6) is 0. The van der Waals surface area contributed by atoms with Gasteiger partial charge < -0.3 is 10.0 Å². The summed E-state index contributed by atoms with van der Waals surface area (Å²) in [6.45, 7) is 18.1. The second-order valence-corrected chi connectivity index (χ2v) is 4.32. The number of nitrogens with zero attached hydrogens (tertiary/aromatic N) is 1. The lowest BCUT2D eigenvalue weighted by Gasteiger charge is -2.17. The Hall–Kier alpha value is -0.0800. The molecule has 0 heterocycles. The second-order valence-electron chi connectivity index (χ2n) is 4.32. The highest BCUT2D eigenvalue weighted by Crippen LogP contribution is 2.08. The lowest BCUT2D eigenvalue weighted by Crippen LogP contribution is -2.23. The van der Waals surface area contributed by atoms with E-state index in [-0.39, 0.29) is 6.10 Å². The molecule has 0 saturated carbocycles. The third-order valence-electron chi connectivity index (χ3n) is 3.03. The van der Waals surface area contributed by atoms with E-state index in [9.17, 15) is 5.11 Å². The van der Waals surface area contributed by atoms with Crippen LogP contribution in [0.15, 0.2) is 0 Å². The summed E-state index contributed by atoms with van der Waals surface area (Å²) in [5, 5.41) is 9.54. The zero-order chi connectivity index (χ0) is 15.5. The Balaban J connectivity index is -0.000000579. The van der Waals surface area contributed by atoms with Crippen LogP contribution in [-0.4, -0.2) is 35.7 Å². The first-order valence-electron chi connectivity index (χ1n) is 8.64. The lowest BCUT2D eigenvalue weighted by atomic mass is 10.1. The van der Waals surface area contributed by atoms with Crippen LogP contribution in [0.5, 0.6) is 0 Å². The van der Waals surface area contributed by atoms with Gasteiger partial charge >= 0.3 is 0 Å². The number of unbranched alkanes of at least 4 members (excludes halogenated alkanes) is 2. The van der Waals surface area contributed by atoms with Gasteiger partial charge in [-0.25, -0.2) is 0 Å². The average molecular weight is 276 g/mol. The molecular weight excluding hydrogens is 234 g/mol. The zero-order valence-corrected chi connectivity index (χ0v) is 14.8. The van der Waals surface area contributed by atoms with Gasteiger partial charge in [0.15, 0.2) is 0 Å². The Kier molecular flexibility index (Phi) is 29.1. The minimum atomic E-state index is -0.0524. The van der Waals surface area contributed by atoms with E-state index in [0.29, 0.717) is 0 Å². The highest BCUT2D eigenvalue weighted by atomic mass is 16.3. The molecule has 2 heteroatoms. The molecule has 0 amide bonds. The Morgan fingerprint density at radius 2 is 1.32 bits per heavy atom. The summed E-state index contributed by atoms with van der Waals surface area (Å²) in [5.41, 5.74) is 0. The van der Waals surface area contributed by atoms with Crippen LogP contribution in [0.1, 0.15) is 87.0 Å². The fourth-order valence-electron chi connectivity index (χ4n) is 1.91. The van der Waals surface area contributed by atoms with Gasteiger partial charge in [-0.2, -0.15) is 0 Å². The van der Waals surface area contributed by atoms with Crippen molar-refractivity contribution in [3.05, 3.63) is 0 Å². The van der Waals surface area contributed by atoms with Crippen LogP contribution in [0.4, 0.5) is 0 Å². The van der Waals surface area contributed by atoms with Gasteiger partial charge in [0.25, 0.3) is 0 Å². The first-order valence-corrected chi connectivity index (χ1v) is 8.64. The molecule has 19 heavy (non-hydrogen) atoms. The maximum atomic E-state index is 9.54. The van der Waals surface area contributed by atoms with E-state index < -0.39 is 0 Å². The minimum Gasteiger partial charge on any atom is -0.393 e. The fourth-order valence-corrected chi connectivity index (χ4v) is 1.91. The second kappa shape index (κ2) is 23.0. The molecule has 1 atom stereocenters. The van der Waals surface area contributed by atoms with E-state index in [1.807, 2.05) is 27.7 Å². The Morgan fingerprint density at radius 1 is 0.789 bits per heavy atom. The van der Waals surface area contributed by atoms with Gasteiger partial charge in [-0.05, 0) is 38.9 Å². The summed E-state index contributed by atoms with van der Waals surface area (Å²) in [6.07, 6.45) is 6.73. The van der Waals surface area contributed by atoms with Gasteiger partial charge in [-0.15, -0.1) is 0 Å². The van der Waals surface area contributed by atoms with Crippen molar-refractivity contribution in [2.45, 2.75) is 93.1 Å². The molecule has 0 aromatic carbocycles. The molecule has 0 spiro atoms. The molecule has 0 aromatic rings. The molecule has 1 N–H and O–H groups in total. The van der Waals surface area contributed by atoms with E-state index in [4.69, 9.17) is 0 Å². The van der Waals surface area contributed by atoms with Gasteiger partial charge in [-0.3, -0.25) is 0 Å². The van der Waals surface area contributed by atoms with Crippen molar-refractivity contribution in [1.82, 2.24) is 4.90 Å². The summed E-state index contributed by atoms with van der Waals surface area (Å²) in [4.78, 5) is 2.46. The van der Waals surface area contributed by atoms with Gasteiger partial charge in [-0.1, -0.05) is 67.7 Å². The zero-order valence-electron chi connectivity index (χ0n) is 14.8. The third-order valence-corrected chi connectivity index (χ3v) is 3.03. The SMILES string of the molecule is CC.CC.CCCC(O)CCCCCN(CC)CC. The van der Waals surface area contributed by atoms with E-state index in [2.05, 4.69) is 25.7 Å². The van der Waals surface area contributed by atoms with Crippen LogP contribution >= 0.6 is 0 Å². The van der Waals surface area contributed by atoms with Gasteiger partial charge in [0, 0.05) is 0 Å². The molecule has 0 bridgehead atoms. The number of aliphatic hydroxyl groups is 1. The van der Waals surface area contributed by atoms with Crippen molar-refractivity contribution in [3.63, 3.8) is 0 Å². The summed E-state index contributed by atoms with van der Waals surface area (Å²) >= 11 is 0. The predicted octanol–water partition coefficient (Wildman–Crippen LogP) is 5.10. The lowest BCUT2D eigenvalue weighted by molar-refractivity contribution is 0.149. The van der Waals surface area contributed by atoms with E-state index >= 15 is 0 Å². The molecule has 0 radical (unpaired) electrons. The highest BCUT2D eigenvalue weighted by molar-refractivity contribution is 4.57. The molecule has 0 saturated heterocycles. The molecule has 0 aliphatic rings. The summed E-state index contributed by atoms with van der Waals surface area (Å²) < 4.78 is 0. The normalized spacial score (nSPS) is 11.2. The Labute approximate surface area is 123 Å². The summed E-state index contributed by atoms with van der Waals surface area (Å²) in [6, 6.07) is 0. The van der Waals surface area contributed by atoms with E-state index in [1.165, 1.54) is 25.8 Å². The predicted molar refractivity (Wildman–Crippen MR) is 89.9 cm³/mol. The van der Waals surface area contributed by atoms with Crippen LogP contribution in [0, 0.1) is 0 Å². The fraction of sp³-hybridized carbons (Fsp3) is 1.00. The molecule has 1 unspecified atom stereocenters. The van der Waals surface area contributed by atoms with Crippen LogP contribution in [-0.2, 0) is 0 Å². The molecule has 2 nitrogen and oxygen atoms in total. The molecule has 120 valence electrons. The Morgan fingerprint density at radius 3 is 1.74 bits per heavy atom. The molecule has 0 aliphatic carbocycles. The Bertz CT molecular complexity index is 124. The smallest absolute Gasteiger partial charge is 0.0540 e. The topological polar surface area (TPSA) is 23.5 Å². The molecule has 0 fully saturated rings. The van der Waals surface area contributed by atoms with E-state index in [1.54, 1.807) is 0 Å². The maximum Gasteiger partial charge on any atom is 0.0540 e. The van der Waals surface area contributed by atoms with Crippen LogP contribution in [0.25, 0.3) is 0 Å². The van der Waals surface area contributed by atoms with Crippen molar-refractivity contribution in [2.24, 2.45) is 0 Å². The molecule has 0 aromatic heterocycles. The first-order chi connectivity index (χ1) is 9.24. The number of aliphatic hydroxyl groups excluding tert-OH is 1. The van der Waals surface area contributed by atoms with Crippen LogP contribution in [0.2, 0.25) is 0 Å². The standard InChI is InChI=1S/C13H29NO.2C2H6/c1-4-10-13(15)11-8-7-9-12-14(5-2)6-3;2*1-2/h13,15H,4-12H2,1-3H3;2*1-2H3. The van der Waals surface area contributed by atoms with Crippen molar-refractivity contribution in [2.75, 3.05) is 19.6 Å². The van der Waals surface area contributed by atoms with Crippen molar-refractivity contribution in [1.29, 1.82) is 0 Å². The van der Waals surface area contributed by atoms with Crippen LogP contribution < -0.4 is 0 Å². The van der Waals surface area contributed by atoms with E-state index in [0.717, 1.165) is 32.4 Å². The maximum absolute atomic E-state index is 9.54. The van der Waals surface area contributed by atoms with Crippen molar-refractivity contribution >= 4 is 0 Å². The number of hydrogen-bond acceptors (Lipinski definition) is 2. The third kappa shape index (κ3) is 20.4. The monoisotopic (exact) mass is 275 g/mol. The largest absolute Gasteiger partial charge is 0.393 e. The molecule has 0 aliphatic heterocycles. The molecular formula is C17H41NO. The highest BCUT2D eigenvalue weighted by Gasteiger charge is 2.02. The van der Waals surface area contributed by atoms with Gasteiger partial charge in [0.1, 0.15) is 0 Å². The van der Waals surface area contributed by atoms with Gasteiger partial charge in [0.05, 0.1) is 6.10 Å². The summed E-state index contributed by atoms with van der Waals surface area (Å²) in [7, 11) is 0. The first kappa shape index (κ1) is 24.0. The number of hydrogen-bond donors (Lipinski definition) is 1. The minimum absolute atomic E-state index is 0.0524. The van der Waals surface area contributed by atoms with Gasteiger partial charge in [0.2, 0.25) is 0 Å². The van der Waals surface area contributed by atoms with Crippen molar-refractivity contribution in [3.8, 4) is 0 Å². The van der Waals surface area contributed by atoms with Crippen molar-refractivity contribution < 1.29 is 5.11 Å². The van der Waals surface area contributed by atoms with Crippen LogP contribution in [0.3, 0.4) is 0 Å². The number of rotatable bonds is 10.